The Bertz CT molecular complexity index is 3300. The number of rotatable bonds is 4. The smallest absolute Gasteiger partial charge is 0.00262 e. The van der Waals surface area contributed by atoms with Gasteiger partial charge in [0.15, 0.2) is 0 Å². The van der Waals surface area contributed by atoms with Gasteiger partial charge in [0.2, 0.25) is 0 Å². The molecule has 0 saturated heterocycles. The van der Waals surface area contributed by atoms with Crippen molar-refractivity contribution in [3.8, 4) is 11.1 Å². The molecule has 0 heteroatoms. The number of aryl methyl sites for hydroxylation is 2. The summed E-state index contributed by atoms with van der Waals surface area (Å²) in [4.78, 5) is 0. The maximum Gasteiger partial charge on any atom is -0.00262 e. The van der Waals surface area contributed by atoms with E-state index >= 15 is 0 Å². The molecule has 300 valence electrons. The standard InChI is InChI=1S/C34H26.C29H22/c1-3-11-25-21-27(19-17-23(25)9-1)33-29-13-5-7-15-31(29)34(32-16-8-6-14-30(32)33)28-20-18-24-10-2-4-12-26(24)22-28;1-4-12-22-19-23(18-17-20(22)9-1)29-26-15-7-5-13-24(26)28(21-10-2-3-11-21)25-14-6-8-16-27(25)29/h1-16,21-22H,17-20H2;1,4-10,12-19H,2-3,11H2. The zero-order chi connectivity index (χ0) is 41.7. The molecule has 0 saturated carbocycles. The fraction of sp³-hybridized carbons (Fsp3) is 0.111. The van der Waals surface area contributed by atoms with Gasteiger partial charge in [0.1, 0.15) is 0 Å². The number of allylic oxidation sites excluding steroid dienone is 4. The van der Waals surface area contributed by atoms with E-state index in [1.807, 2.05) is 0 Å². The van der Waals surface area contributed by atoms with E-state index in [4.69, 9.17) is 0 Å². The summed E-state index contributed by atoms with van der Waals surface area (Å²) < 4.78 is 0. The Hall–Kier alpha value is -7.28. The van der Waals surface area contributed by atoms with Crippen molar-refractivity contribution in [2.75, 3.05) is 0 Å². The van der Waals surface area contributed by atoms with Crippen LogP contribution in [0.1, 0.15) is 71.0 Å². The minimum Gasteiger partial charge on any atom is -0.0807 e. The summed E-state index contributed by atoms with van der Waals surface area (Å²) in [6.07, 6.45) is 15.3. The SMILES string of the molecule is C1=C(c2c3ccccc3c(-c3ccc4ccccc4c3)c3ccccc23)CCC1.C1=C(c2c3ccccc3c(C3=Cc4ccccc4CC3)c3ccccc23)CCc2ccccc21. The van der Waals surface area contributed by atoms with E-state index in [1.165, 1.54) is 140 Å². The molecule has 10 aromatic rings. The number of hydrogen-bond acceptors (Lipinski definition) is 0. The molecule has 0 amide bonds. The summed E-state index contributed by atoms with van der Waals surface area (Å²) in [5.74, 6) is 0. The fourth-order valence-corrected chi connectivity index (χ4v) is 11.1. The summed E-state index contributed by atoms with van der Waals surface area (Å²) in [5.41, 5.74) is 17.0. The Balaban J connectivity index is 0.000000135. The highest BCUT2D eigenvalue weighted by Gasteiger charge is 2.23. The summed E-state index contributed by atoms with van der Waals surface area (Å²) in [5, 5.41) is 13.5. The molecular weight excluding hydrogens is 757 g/mol. The lowest BCUT2D eigenvalue weighted by molar-refractivity contribution is 0.936. The van der Waals surface area contributed by atoms with Gasteiger partial charge in [-0.25, -0.2) is 0 Å². The number of fused-ring (bicyclic) bond motifs is 7. The topological polar surface area (TPSA) is 0 Å². The summed E-state index contributed by atoms with van der Waals surface area (Å²) in [7, 11) is 0. The van der Waals surface area contributed by atoms with Gasteiger partial charge in [-0.1, -0.05) is 200 Å². The average molecular weight is 805 g/mol. The van der Waals surface area contributed by atoms with Crippen LogP contribution < -0.4 is 0 Å². The maximum atomic E-state index is 2.45. The van der Waals surface area contributed by atoms with Gasteiger partial charge in [-0.15, -0.1) is 0 Å². The molecule has 63 heavy (non-hydrogen) atoms. The van der Waals surface area contributed by atoms with Crippen molar-refractivity contribution < 1.29 is 0 Å². The molecule has 0 atom stereocenters. The zero-order valence-corrected chi connectivity index (χ0v) is 35.6. The van der Waals surface area contributed by atoms with Crippen LogP contribution in [0.2, 0.25) is 0 Å². The number of hydrogen-bond donors (Lipinski definition) is 0. The van der Waals surface area contributed by atoms with Gasteiger partial charge in [0.25, 0.3) is 0 Å². The van der Waals surface area contributed by atoms with Crippen molar-refractivity contribution in [3.63, 3.8) is 0 Å². The Kier molecular flexibility index (Phi) is 9.45. The molecule has 0 spiro atoms. The first-order chi connectivity index (χ1) is 31.3. The summed E-state index contributed by atoms with van der Waals surface area (Å²) in [6.45, 7) is 0. The van der Waals surface area contributed by atoms with Crippen molar-refractivity contribution in [2.24, 2.45) is 0 Å². The van der Waals surface area contributed by atoms with Gasteiger partial charge < -0.3 is 0 Å². The van der Waals surface area contributed by atoms with Crippen molar-refractivity contribution in [2.45, 2.75) is 44.9 Å². The van der Waals surface area contributed by atoms with Gasteiger partial charge in [-0.3, -0.25) is 0 Å². The first-order valence-corrected chi connectivity index (χ1v) is 22.9. The van der Waals surface area contributed by atoms with Gasteiger partial charge in [0.05, 0.1) is 0 Å². The Morgan fingerprint density at radius 1 is 0.286 bits per heavy atom. The van der Waals surface area contributed by atoms with E-state index in [1.54, 1.807) is 0 Å². The minimum atomic E-state index is 1.08. The van der Waals surface area contributed by atoms with Gasteiger partial charge >= 0.3 is 0 Å². The summed E-state index contributed by atoms with van der Waals surface area (Å²) in [6, 6.07) is 69.3. The quantitative estimate of drug-likeness (QED) is 0.155. The van der Waals surface area contributed by atoms with Crippen molar-refractivity contribution in [3.05, 3.63) is 233 Å². The molecular formula is C63H48. The van der Waals surface area contributed by atoms with Crippen LogP contribution in [0.5, 0.6) is 0 Å². The predicted octanol–water partition coefficient (Wildman–Crippen LogP) is 17.3. The second-order valence-electron chi connectivity index (χ2n) is 17.6. The highest BCUT2D eigenvalue weighted by atomic mass is 14.3. The van der Waals surface area contributed by atoms with E-state index < -0.39 is 0 Å². The number of benzene rings is 10. The van der Waals surface area contributed by atoms with Crippen LogP contribution in [0, 0.1) is 0 Å². The highest BCUT2D eigenvalue weighted by Crippen LogP contribution is 2.46. The molecule has 0 bridgehead atoms. The van der Waals surface area contributed by atoms with E-state index in [-0.39, 0.29) is 0 Å². The van der Waals surface area contributed by atoms with Gasteiger partial charge in [-0.2, -0.15) is 0 Å². The second-order valence-corrected chi connectivity index (χ2v) is 17.6. The van der Waals surface area contributed by atoms with Crippen LogP contribution in [0.25, 0.3) is 93.9 Å². The van der Waals surface area contributed by atoms with E-state index in [2.05, 4.69) is 206 Å². The van der Waals surface area contributed by atoms with Crippen LogP contribution in [0.4, 0.5) is 0 Å². The molecule has 0 heterocycles. The Labute approximate surface area is 370 Å². The summed E-state index contributed by atoms with van der Waals surface area (Å²) >= 11 is 0. The molecule has 0 aromatic heterocycles. The van der Waals surface area contributed by atoms with Crippen LogP contribution in [-0.2, 0) is 12.8 Å². The lowest BCUT2D eigenvalue weighted by Gasteiger charge is -2.24. The van der Waals surface area contributed by atoms with Crippen LogP contribution in [0.3, 0.4) is 0 Å². The molecule has 0 fully saturated rings. The second kappa shape index (κ2) is 15.9. The fourth-order valence-electron chi connectivity index (χ4n) is 11.1. The van der Waals surface area contributed by atoms with E-state index in [0.29, 0.717) is 0 Å². The molecule has 3 aliphatic carbocycles. The van der Waals surface area contributed by atoms with Gasteiger partial charge in [0, 0.05) is 0 Å². The molecule has 13 rings (SSSR count). The monoisotopic (exact) mass is 804 g/mol. The molecule has 3 aliphatic rings. The maximum absolute atomic E-state index is 2.45. The van der Waals surface area contributed by atoms with Crippen molar-refractivity contribution in [1.82, 2.24) is 0 Å². The van der Waals surface area contributed by atoms with E-state index in [0.717, 1.165) is 25.7 Å². The zero-order valence-electron chi connectivity index (χ0n) is 35.6. The first kappa shape index (κ1) is 37.5. The Morgan fingerprint density at radius 2 is 0.683 bits per heavy atom. The van der Waals surface area contributed by atoms with Crippen LogP contribution in [-0.4, -0.2) is 0 Å². The third-order valence-corrected chi connectivity index (χ3v) is 14.0. The molecule has 0 radical (unpaired) electrons. The first-order valence-electron chi connectivity index (χ1n) is 22.9. The lowest BCUT2D eigenvalue weighted by atomic mass is 9.80. The van der Waals surface area contributed by atoms with Gasteiger partial charge in [-0.05, 0) is 172 Å². The largest absolute Gasteiger partial charge is 0.0807 e. The third kappa shape index (κ3) is 6.61. The molecule has 0 aliphatic heterocycles. The van der Waals surface area contributed by atoms with Crippen LogP contribution >= 0.6 is 0 Å². The lowest BCUT2D eigenvalue weighted by Crippen LogP contribution is -2.03. The normalized spacial score (nSPS) is 14.5. The van der Waals surface area contributed by atoms with E-state index in [9.17, 15) is 0 Å². The molecule has 10 aromatic carbocycles. The predicted molar refractivity (Wildman–Crippen MR) is 273 cm³/mol. The highest BCUT2D eigenvalue weighted by molar-refractivity contribution is 6.20. The third-order valence-electron chi connectivity index (χ3n) is 14.0. The average Bonchev–Trinajstić information content (AvgIpc) is 3.89. The minimum absolute atomic E-state index is 1.08. The Morgan fingerprint density at radius 3 is 1.14 bits per heavy atom. The molecule has 0 unspecified atom stereocenters. The van der Waals surface area contributed by atoms with Crippen LogP contribution in [0.15, 0.2) is 194 Å². The molecule has 0 N–H and O–H groups in total. The molecule has 0 nitrogen and oxygen atoms in total. The van der Waals surface area contributed by atoms with Crippen molar-refractivity contribution in [1.29, 1.82) is 0 Å². The van der Waals surface area contributed by atoms with Crippen molar-refractivity contribution >= 4 is 82.7 Å².